The molecule has 2 rings (SSSR count). The molecular formula is C15H14ClNO3. The van der Waals surface area contributed by atoms with Gasteiger partial charge in [-0.05, 0) is 42.5 Å². The van der Waals surface area contributed by atoms with Crippen molar-refractivity contribution in [3.05, 3.63) is 53.1 Å². The van der Waals surface area contributed by atoms with Crippen LogP contribution in [0.3, 0.4) is 0 Å². The highest BCUT2D eigenvalue weighted by atomic mass is 35.5. The van der Waals surface area contributed by atoms with Crippen LogP contribution in [-0.2, 0) is 4.74 Å². The number of hydrogen-bond donors (Lipinski definition) is 1. The van der Waals surface area contributed by atoms with Crippen LogP contribution >= 0.6 is 11.6 Å². The molecule has 5 heteroatoms. The summed E-state index contributed by atoms with van der Waals surface area (Å²) in [4.78, 5) is 11.7. The van der Waals surface area contributed by atoms with E-state index >= 15 is 0 Å². The fourth-order valence-corrected chi connectivity index (χ4v) is 1.91. The molecule has 0 aliphatic rings. The Hall–Kier alpha value is -2.20. The van der Waals surface area contributed by atoms with Gasteiger partial charge in [-0.25, -0.2) is 4.79 Å². The number of ether oxygens (including phenoxy) is 2. The van der Waals surface area contributed by atoms with E-state index in [1.54, 1.807) is 25.3 Å². The smallest absolute Gasteiger partial charge is 0.340 e. The van der Waals surface area contributed by atoms with E-state index in [0.29, 0.717) is 16.3 Å². The number of carbonyl (C=O) groups excluding carboxylic acids is 1. The van der Waals surface area contributed by atoms with E-state index in [4.69, 9.17) is 21.1 Å². The first kappa shape index (κ1) is 14.2. The van der Waals surface area contributed by atoms with Gasteiger partial charge in [0.1, 0.15) is 5.75 Å². The third kappa shape index (κ3) is 3.22. The molecule has 0 bridgehead atoms. The van der Waals surface area contributed by atoms with Gasteiger partial charge in [0, 0.05) is 10.7 Å². The Labute approximate surface area is 122 Å². The second kappa shape index (κ2) is 6.30. The van der Waals surface area contributed by atoms with Gasteiger partial charge in [-0.1, -0.05) is 11.6 Å². The highest BCUT2D eigenvalue weighted by molar-refractivity contribution is 6.31. The molecule has 0 saturated carbocycles. The van der Waals surface area contributed by atoms with Gasteiger partial charge >= 0.3 is 5.97 Å². The number of methoxy groups -OCH3 is 2. The fourth-order valence-electron chi connectivity index (χ4n) is 1.73. The lowest BCUT2D eigenvalue weighted by Crippen LogP contribution is -2.05. The highest BCUT2D eigenvalue weighted by Crippen LogP contribution is 2.26. The van der Waals surface area contributed by atoms with Crippen LogP contribution in [0.1, 0.15) is 10.4 Å². The lowest BCUT2D eigenvalue weighted by molar-refractivity contribution is 0.0602. The normalized spacial score (nSPS) is 9.95. The number of benzene rings is 2. The fraction of sp³-hybridized carbons (Fsp3) is 0.133. The van der Waals surface area contributed by atoms with E-state index in [9.17, 15) is 4.79 Å². The molecule has 0 aliphatic heterocycles. The van der Waals surface area contributed by atoms with Gasteiger partial charge in [0.05, 0.1) is 25.5 Å². The number of esters is 1. The monoisotopic (exact) mass is 291 g/mol. The van der Waals surface area contributed by atoms with Crippen molar-refractivity contribution in [2.75, 3.05) is 19.5 Å². The molecule has 0 atom stereocenters. The first-order valence-electron chi connectivity index (χ1n) is 5.93. The standard InChI is InChI=1S/C15H14ClNO3/c1-19-12-6-4-11(5-7-12)17-14-8-3-10(16)9-13(14)15(18)20-2/h3-9,17H,1-2H3. The molecule has 2 aromatic rings. The van der Waals surface area contributed by atoms with Crippen LogP contribution in [0.5, 0.6) is 5.75 Å². The molecule has 4 nitrogen and oxygen atoms in total. The van der Waals surface area contributed by atoms with E-state index in [1.807, 2.05) is 24.3 Å². The van der Waals surface area contributed by atoms with Crippen molar-refractivity contribution in [2.24, 2.45) is 0 Å². The summed E-state index contributed by atoms with van der Waals surface area (Å²) in [5.41, 5.74) is 1.85. The molecule has 2 aromatic carbocycles. The molecule has 0 unspecified atom stereocenters. The maximum atomic E-state index is 11.7. The Morgan fingerprint density at radius 3 is 2.40 bits per heavy atom. The lowest BCUT2D eigenvalue weighted by atomic mass is 10.1. The average Bonchev–Trinajstić information content (AvgIpc) is 2.49. The SMILES string of the molecule is COC(=O)c1cc(Cl)ccc1Nc1ccc(OC)cc1. The topological polar surface area (TPSA) is 47.6 Å². The molecule has 0 amide bonds. The van der Waals surface area contributed by atoms with Crippen molar-refractivity contribution < 1.29 is 14.3 Å². The molecule has 0 heterocycles. The van der Waals surface area contributed by atoms with Gasteiger partial charge < -0.3 is 14.8 Å². The third-order valence-electron chi connectivity index (χ3n) is 2.76. The summed E-state index contributed by atoms with van der Waals surface area (Å²) < 4.78 is 9.84. The van der Waals surface area contributed by atoms with Crippen LogP contribution < -0.4 is 10.1 Å². The third-order valence-corrected chi connectivity index (χ3v) is 2.99. The minimum Gasteiger partial charge on any atom is -0.497 e. The Morgan fingerprint density at radius 1 is 1.10 bits per heavy atom. The van der Waals surface area contributed by atoms with E-state index in [-0.39, 0.29) is 0 Å². The number of carbonyl (C=O) groups is 1. The predicted octanol–water partition coefficient (Wildman–Crippen LogP) is 3.88. The van der Waals surface area contributed by atoms with Crippen LogP contribution in [0.25, 0.3) is 0 Å². The summed E-state index contributed by atoms with van der Waals surface area (Å²) >= 11 is 5.91. The van der Waals surface area contributed by atoms with E-state index in [2.05, 4.69) is 5.32 Å². The maximum Gasteiger partial charge on any atom is 0.340 e. The van der Waals surface area contributed by atoms with Crippen molar-refractivity contribution >= 4 is 28.9 Å². The Balaban J connectivity index is 2.30. The van der Waals surface area contributed by atoms with Gasteiger partial charge in [0.25, 0.3) is 0 Å². The Bertz CT molecular complexity index is 611. The van der Waals surface area contributed by atoms with Gasteiger partial charge in [-0.3, -0.25) is 0 Å². The minimum atomic E-state index is -0.441. The largest absolute Gasteiger partial charge is 0.497 e. The van der Waals surface area contributed by atoms with Crippen LogP contribution in [-0.4, -0.2) is 20.2 Å². The molecule has 0 radical (unpaired) electrons. The number of anilines is 2. The zero-order chi connectivity index (χ0) is 14.5. The number of nitrogens with one attached hydrogen (secondary N) is 1. The first-order valence-corrected chi connectivity index (χ1v) is 6.31. The zero-order valence-corrected chi connectivity index (χ0v) is 11.9. The number of halogens is 1. The first-order chi connectivity index (χ1) is 9.63. The zero-order valence-electron chi connectivity index (χ0n) is 11.1. The van der Waals surface area contributed by atoms with Gasteiger partial charge in [-0.15, -0.1) is 0 Å². The summed E-state index contributed by atoms with van der Waals surface area (Å²) in [5, 5.41) is 3.63. The molecule has 0 aliphatic carbocycles. The summed E-state index contributed by atoms with van der Waals surface area (Å²) in [5.74, 6) is 0.323. The summed E-state index contributed by atoms with van der Waals surface area (Å²) in [6.07, 6.45) is 0. The lowest BCUT2D eigenvalue weighted by Gasteiger charge is -2.11. The van der Waals surface area contributed by atoms with Crippen LogP contribution in [0.4, 0.5) is 11.4 Å². The van der Waals surface area contributed by atoms with E-state index < -0.39 is 5.97 Å². The molecular weight excluding hydrogens is 278 g/mol. The average molecular weight is 292 g/mol. The molecule has 104 valence electrons. The second-order valence-corrected chi connectivity index (χ2v) is 4.47. The van der Waals surface area contributed by atoms with Gasteiger partial charge in [0.2, 0.25) is 0 Å². The van der Waals surface area contributed by atoms with Crippen molar-refractivity contribution in [1.29, 1.82) is 0 Å². The molecule has 0 saturated heterocycles. The van der Waals surface area contributed by atoms with Gasteiger partial charge in [-0.2, -0.15) is 0 Å². The number of rotatable bonds is 4. The summed E-state index contributed by atoms with van der Waals surface area (Å²) in [6.45, 7) is 0. The van der Waals surface area contributed by atoms with E-state index in [0.717, 1.165) is 11.4 Å². The maximum absolute atomic E-state index is 11.7. The molecule has 0 spiro atoms. The van der Waals surface area contributed by atoms with Crippen molar-refractivity contribution in [3.63, 3.8) is 0 Å². The minimum absolute atomic E-state index is 0.385. The van der Waals surface area contributed by atoms with Crippen LogP contribution in [0.15, 0.2) is 42.5 Å². The highest BCUT2D eigenvalue weighted by Gasteiger charge is 2.12. The number of hydrogen-bond acceptors (Lipinski definition) is 4. The predicted molar refractivity (Wildman–Crippen MR) is 79.1 cm³/mol. The van der Waals surface area contributed by atoms with Gasteiger partial charge in [0.15, 0.2) is 0 Å². The molecule has 0 aromatic heterocycles. The van der Waals surface area contributed by atoms with Crippen LogP contribution in [0, 0.1) is 0 Å². The molecule has 20 heavy (non-hydrogen) atoms. The van der Waals surface area contributed by atoms with E-state index in [1.165, 1.54) is 7.11 Å². The van der Waals surface area contributed by atoms with Crippen molar-refractivity contribution in [1.82, 2.24) is 0 Å². The second-order valence-electron chi connectivity index (χ2n) is 4.03. The Morgan fingerprint density at radius 2 is 1.80 bits per heavy atom. The summed E-state index contributed by atoms with van der Waals surface area (Å²) in [7, 11) is 2.94. The Kier molecular flexibility index (Phi) is 4.48. The molecule has 0 fully saturated rings. The molecule has 1 N–H and O–H groups in total. The van der Waals surface area contributed by atoms with Crippen molar-refractivity contribution in [2.45, 2.75) is 0 Å². The summed E-state index contributed by atoms with van der Waals surface area (Å²) in [6, 6.07) is 12.4. The quantitative estimate of drug-likeness (QED) is 0.869. The van der Waals surface area contributed by atoms with Crippen LogP contribution in [0.2, 0.25) is 5.02 Å². The van der Waals surface area contributed by atoms with Crippen molar-refractivity contribution in [3.8, 4) is 5.75 Å².